The van der Waals surface area contributed by atoms with Gasteiger partial charge in [-0.05, 0) is 57.1 Å². The van der Waals surface area contributed by atoms with Crippen LogP contribution in [0.3, 0.4) is 0 Å². The van der Waals surface area contributed by atoms with Gasteiger partial charge in [0.25, 0.3) is 0 Å². The SMILES string of the molecule is CCOCCOc1ccc(S(=O)(=O)N(C)C2CCNCC2)cc1. The standard InChI is InChI=1S/C16H26N2O4S/c1-3-21-12-13-22-15-4-6-16(7-5-15)23(19,20)18(2)14-8-10-17-11-9-14/h4-7,14,17H,3,8-13H2,1-2H3. The zero-order valence-electron chi connectivity index (χ0n) is 13.8. The van der Waals surface area contributed by atoms with Crippen LogP contribution in [0.5, 0.6) is 5.75 Å². The van der Waals surface area contributed by atoms with Crippen LogP contribution in [0.4, 0.5) is 0 Å². The minimum absolute atomic E-state index is 0.0587. The number of ether oxygens (including phenoxy) is 2. The Morgan fingerprint density at radius 2 is 1.83 bits per heavy atom. The molecule has 0 radical (unpaired) electrons. The van der Waals surface area contributed by atoms with Crippen molar-refractivity contribution in [1.29, 1.82) is 0 Å². The Balaban J connectivity index is 1.99. The topological polar surface area (TPSA) is 67.9 Å². The van der Waals surface area contributed by atoms with Gasteiger partial charge in [0.05, 0.1) is 11.5 Å². The quantitative estimate of drug-likeness (QED) is 0.725. The van der Waals surface area contributed by atoms with Crippen LogP contribution in [0.15, 0.2) is 29.2 Å². The van der Waals surface area contributed by atoms with Crippen LogP contribution < -0.4 is 10.1 Å². The van der Waals surface area contributed by atoms with Crippen molar-refractivity contribution >= 4 is 10.0 Å². The normalized spacial score (nSPS) is 16.7. The fraction of sp³-hybridized carbons (Fsp3) is 0.625. The van der Waals surface area contributed by atoms with E-state index in [1.807, 2.05) is 6.92 Å². The smallest absolute Gasteiger partial charge is 0.243 e. The Bertz CT molecular complexity index is 568. The second-order valence-electron chi connectivity index (χ2n) is 5.52. The summed E-state index contributed by atoms with van der Waals surface area (Å²) in [5.74, 6) is 0.646. The third-order valence-corrected chi connectivity index (χ3v) is 5.95. The summed E-state index contributed by atoms with van der Waals surface area (Å²) < 4.78 is 37.6. The van der Waals surface area contributed by atoms with E-state index in [-0.39, 0.29) is 6.04 Å². The molecule has 1 aliphatic rings. The highest BCUT2D eigenvalue weighted by atomic mass is 32.2. The van der Waals surface area contributed by atoms with Crippen LogP contribution in [0.25, 0.3) is 0 Å². The third kappa shape index (κ3) is 4.91. The van der Waals surface area contributed by atoms with E-state index < -0.39 is 10.0 Å². The van der Waals surface area contributed by atoms with E-state index in [0.717, 1.165) is 25.9 Å². The van der Waals surface area contributed by atoms with Gasteiger partial charge in [0.15, 0.2) is 0 Å². The van der Waals surface area contributed by atoms with Gasteiger partial charge in [0.1, 0.15) is 12.4 Å². The molecule has 7 heteroatoms. The largest absolute Gasteiger partial charge is 0.491 e. The van der Waals surface area contributed by atoms with Gasteiger partial charge in [-0.15, -0.1) is 0 Å². The Morgan fingerprint density at radius 1 is 1.17 bits per heavy atom. The predicted octanol–water partition coefficient (Wildman–Crippen LogP) is 1.47. The molecule has 130 valence electrons. The van der Waals surface area contributed by atoms with E-state index in [1.165, 1.54) is 4.31 Å². The average molecular weight is 342 g/mol. The van der Waals surface area contributed by atoms with Crippen LogP contribution in [0.1, 0.15) is 19.8 Å². The van der Waals surface area contributed by atoms with Crippen molar-refractivity contribution in [2.75, 3.05) is 40.0 Å². The van der Waals surface area contributed by atoms with Crippen molar-refractivity contribution in [3.63, 3.8) is 0 Å². The molecule has 1 fully saturated rings. The number of hydrogen-bond donors (Lipinski definition) is 1. The summed E-state index contributed by atoms with van der Waals surface area (Å²) in [7, 11) is -1.79. The number of nitrogens with zero attached hydrogens (tertiary/aromatic N) is 1. The number of sulfonamides is 1. The van der Waals surface area contributed by atoms with E-state index >= 15 is 0 Å². The molecule has 0 bridgehead atoms. The lowest BCUT2D eigenvalue weighted by molar-refractivity contribution is 0.110. The second-order valence-corrected chi connectivity index (χ2v) is 7.52. The number of nitrogens with one attached hydrogen (secondary N) is 1. The summed E-state index contributed by atoms with van der Waals surface area (Å²) in [6, 6.07) is 6.64. The molecule has 1 aromatic rings. The van der Waals surface area contributed by atoms with Gasteiger partial charge in [-0.25, -0.2) is 8.42 Å². The van der Waals surface area contributed by atoms with Crippen LogP contribution >= 0.6 is 0 Å². The molecular formula is C16H26N2O4S. The molecule has 1 heterocycles. The predicted molar refractivity (Wildman–Crippen MR) is 89.3 cm³/mol. The van der Waals surface area contributed by atoms with Crippen molar-refractivity contribution in [2.45, 2.75) is 30.7 Å². The molecule has 0 unspecified atom stereocenters. The molecular weight excluding hydrogens is 316 g/mol. The van der Waals surface area contributed by atoms with Gasteiger partial charge in [-0.3, -0.25) is 0 Å². The summed E-state index contributed by atoms with van der Waals surface area (Å²) >= 11 is 0. The Morgan fingerprint density at radius 3 is 2.43 bits per heavy atom. The third-order valence-electron chi connectivity index (χ3n) is 4.02. The van der Waals surface area contributed by atoms with Gasteiger partial charge in [0.2, 0.25) is 10.0 Å². The minimum Gasteiger partial charge on any atom is -0.491 e. The Hall–Kier alpha value is -1.15. The highest BCUT2D eigenvalue weighted by Gasteiger charge is 2.28. The second kappa shape index (κ2) is 8.63. The first kappa shape index (κ1) is 18.2. The molecule has 1 saturated heterocycles. The molecule has 0 aromatic heterocycles. The van der Waals surface area contributed by atoms with Gasteiger partial charge >= 0.3 is 0 Å². The molecule has 6 nitrogen and oxygen atoms in total. The number of benzene rings is 1. The van der Waals surface area contributed by atoms with Crippen molar-refractivity contribution in [3.8, 4) is 5.75 Å². The summed E-state index contributed by atoms with van der Waals surface area (Å²) in [5.41, 5.74) is 0. The molecule has 1 aromatic carbocycles. The zero-order valence-corrected chi connectivity index (χ0v) is 14.6. The molecule has 0 amide bonds. The molecule has 2 rings (SSSR count). The molecule has 1 aliphatic heterocycles. The van der Waals surface area contributed by atoms with Gasteiger partial charge in [0, 0.05) is 19.7 Å². The first-order valence-electron chi connectivity index (χ1n) is 8.05. The van der Waals surface area contributed by atoms with Crippen molar-refractivity contribution in [3.05, 3.63) is 24.3 Å². The summed E-state index contributed by atoms with van der Waals surface area (Å²) in [4.78, 5) is 0.302. The average Bonchev–Trinajstić information content (AvgIpc) is 2.59. The lowest BCUT2D eigenvalue weighted by Gasteiger charge is -2.30. The van der Waals surface area contributed by atoms with Crippen LogP contribution in [-0.4, -0.2) is 58.7 Å². The fourth-order valence-corrected chi connectivity index (χ4v) is 4.02. The van der Waals surface area contributed by atoms with Crippen molar-refractivity contribution in [2.24, 2.45) is 0 Å². The van der Waals surface area contributed by atoms with Crippen LogP contribution in [0.2, 0.25) is 0 Å². The van der Waals surface area contributed by atoms with Crippen LogP contribution in [-0.2, 0) is 14.8 Å². The molecule has 0 atom stereocenters. The number of rotatable bonds is 8. The van der Waals surface area contributed by atoms with E-state index in [1.54, 1.807) is 31.3 Å². The maximum absolute atomic E-state index is 12.7. The first-order valence-corrected chi connectivity index (χ1v) is 9.49. The van der Waals surface area contributed by atoms with E-state index in [4.69, 9.17) is 9.47 Å². The Labute approximate surface area is 138 Å². The minimum atomic E-state index is -3.46. The monoisotopic (exact) mass is 342 g/mol. The fourth-order valence-electron chi connectivity index (χ4n) is 2.60. The molecule has 0 saturated carbocycles. The first-order chi connectivity index (χ1) is 11.1. The highest BCUT2D eigenvalue weighted by Crippen LogP contribution is 2.22. The summed E-state index contributed by atoms with van der Waals surface area (Å²) in [6.45, 7) is 5.28. The van der Waals surface area contributed by atoms with E-state index in [2.05, 4.69) is 5.32 Å². The molecule has 1 N–H and O–H groups in total. The van der Waals surface area contributed by atoms with E-state index in [9.17, 15) is 8.42 Å². The van der Waals surface area contributed by atoms with Crippen LogP contribution in [0, 0.1) is 0 Å². The van der Waals surface area contributed by atoms with Gasteiger partial charge < -0.3 is 14.8 Å². The van der Waals surface area contributed by atoms with E-state index in [0.29, 0.717) is 30.5 Å². The maximum atomic E-state index is 12.7. The van der Waals surface area contributed by atoms with Crippen molar-refractivity contribution < 1.29 is 17.9 Å². The Kier molecular flexibility index (Phi) is 6.83. The lowest BCUT2D eigenvalue weighted by atomic mass is 10.1. The number of piperidine rings is 1. The maximum Gasteiger partial charge on any atom is 0.243 e. The summed E-state index contributed by atoms with van der Waals surface area (Å²) in [6.07, 6.45) is 1.68. The molecule has 0 aliphatic carbocycles. The zero-order chi connectivity index (χ0) is 16.7. The highest BCUT2D eigenvalue weighted by molar-refractivity contribution is 7.89. The number of hydrogen-bond acceptors (Lipinski definition) is 5. The van der Waals surface area contributed by atoms with Gasteiger partial charge in [-0.2, -0.15) is 4.31 Å². The molecule has 23 heavy (non-hydrogen) atoms. The van der Waals surface area contributed by atoms with Crippen molar-refractivity contribution in [1.82, 2.24) is 9.62 Å². The summed E-state index contributed by atoms with van der Waals surface area (Å²) in [5, 5.41) is 3.25. The van der Waals surface area contributed by atoms with Gasteiger partial charge in [-0.1, -0.05) is 0 Å². The molecule has 0 spiro atoms. The lowest BCUT2D eigenvalue weighted by Crippen LogP contribution is -2.43.